The van der Waals surface area contributed by atoms with Crippen LogP contribution in [0.15, 0.2) is 115 Å². The second-order valence-electron chi connectivity index (χ2n) is 9.93. The molecule has 1 fully saturated rings. The zero-order valence-corrected chi connectivity index (χ0v) is 20.7. The predicted octanol–water partition coefficient (Wildman–Crippen LogP) is 8.23. The molecule has 0 unspecified atom stereocenters. The largest absolute Gasteiger partial charge is 0.380 e. The van der Waals surface area contributed by atoms with Gasteiger partial charge >= 0.3 is 0 Å². The smallest absolute Gasteiger partial charge is 0.121 e. The molecule has 35 heavy (non-hydrogen) atoms. The van der Waals surface area contributed by atoms with Gasteiger partial charge in [-0.25, -0.2) is 0 Å². The van der Waals surface area contributed by atoms with Gasteiger partial charge in [0.15, 0.2) is 0 Å². The number of aryl methyl sites for hydroxylation is 2. The summed E-state index contributed by atoms with van der Waals surface area (Å²) >= 11 is 0. The van der Waals surface area contributed by atoms with E-state index in [9.17, 15) is 5.11 Å². The molecular weight excluding hydrogens is 424 g/mol. The molecule has 0 aliphatic heterocycles. The monoisotopic (exact) mass is 458 g/mol. The first-order valence-electron chi connectivity index (χ1n) is 12.8. The van der Waals surface area contributed by atoms with Crippen molar-refractivity contribution >= 4 is 5.57 Å². The summed E-state index contributed by atoms with van der Waals surface area (Å²) in [6, 6.07) is 38.4. The van der Waals surface area contributed by atoms with E-state index in [1.165, 1.54) is 33.4 Å². The van der Waals surface area contributed by atoms with Gasteiger partial charge < -0.3 is 5.11 Å². The van der Waals surface area contributed by atoms with Crippen molar-refractivity contribution in [2.45, 2.75) is 45.1 Å². The summed E-state index contributed by atoms with van der Waals surface area (Å²) in [5, 5.41) is 12.8. The number of rotatable bonds is 5. The molecule has 4 aromatic rings. The molecule has 0 heterocycles. The third kappa shape index (κ3) is 4.61. The Morgan fingerprint density at radius 1 is 0.629 bits per heavy atom. The molecule has 0 saturated heterocycles. The van der Waals surface area contributed by atoms with Crippen molar-refractivity contribution in [3.05, 3.63) is 148 Å². The average Bonchev–Trinajstić information content (AvgIpc) is 2.91. The molecule has 5 rings (SSSR count). The van der Waals surface area contributed by atoms with E-state index in [1.54, 1.807) is 0 Å². The van der Waals surface area contributed by atoms with Gasteiger partial charge in [-0.05, 0) is 60.9 Å². The molecule has 0 bridgehead atoms. The van der Waals surface area contributed by atoms with Crippen LogP contribution < -0.4 is 0 Å². The quantitative estimate of drug-likeness (QED) is 0.319. The van der Waals surface area contributed by atoms with Crippen molar-refractivity contribution in [3.8, 4) is 0 Å². The summed E-state index contributed by atoms with van der Waals surface area (Å²) in [7, 11) is 0. The van der Waals surface area contributed by atoms with E-state index in [1.807, 2.05) is 0 Å². The highest BCUT2D eigenvalue weighted by Gasteiger charge is 2.43. The molecule has 0 amide bonds. The Bertz CT molecular complexity index is 1200. The minimum Gasteiger partial charge on any atom is -0.380 e. The molecule has 0 aromatic heterocycles. The topological polar surface area (TPSA) is 20.2 Å². The van der Waals surface area contributed by atoms with Crippen molar-refractivity contribution in [3.63, 3.8) is 0 Å². The molecule has 176 valence electrons. The van der Waals surface area contributed by atoms with Gasteiger partial charge in [0.05, 0.1) is 0 Å². The van der Waals surface area contributed by atoms with Crippen LogP contribution in [0.4, 0.5) is 0 Å². The average molecular weight is 459 g/mol. The fourth-order valence-corrected chi connectivity index (χ4v) is 5.70. The Hall–Kier alpha value is -3.42. The summed E-state index contributed by atoms with van der Waals surface area (Å²) in [5.41, 5.74) is 8.31. The van der Waals surface area contributed by atoms with Crippen LogP contribution in [0.1, 0.15) is 59.1 Å². The minimum absolute atomic E-state index is 0.0166. The zero-order valence-electron chi connectivity index (χ0n) is 20.7. The fraction of sp³-hybridized carbons (Fsp3) is 0.235. The second-order valence-corrected chi connectivity index (χ2v) is 9.93. The number of hydrogen-bond acceptors (Lipinski definition) is 1. The van der Waals surface area contributed by atoms with Crippen LogP contribution in [0.2, 0.25) is 0 Å². The first-order valence-corrected chi connectivity index (χ1v) is 12.8. The first-order chi connectivity index (χ1) is 17.1. The van der Waals surface area contributed by atoms with Gasteiger partial charge in [0, 0.05) is 5.92 Å². The SMILES string of the molecule is Cc1ccc(C(O)(c2ccc(C)cc2)[C@@H]2CCCCC2=C(c2ccccc2)c2ccccc2)cc1. The van der Waals surface area contributed by atoms with Crippen LogP contribution in [0.25, 0.3) is 5.57 Å². The standard InChI is InChI=1S/C34H34O/c1-25-17-21-29(22-18-25)34(35,30-23-19-26(2)20-24-30)32-16-10-9-15-31(32)33(27-11-5-3-6-12-27)28-13-7-4-8-14-28/h3-8,11-14,17-24,32,35H,9-10,15-16H2,1-2H3/t32-/m1/s1. The molecule has 0 spiro atoms. The van der Waals surface area contributed by atoms with E-state index >= 15 is 0 Å². The number of hydrogen-bond donors (Lipinski definition) is 1. The van der Waals surface area contributed by atoms with E-state index in [2.05, 4.69) is 123 Å². The predicted molar refractivity (Wildman–Crippen MR) is 146 cm³/mol. The maximum Gasteiger partial charge on any atom is 0.121 e. The minimum atomic E-state index is -1.11. The van der Waals surface area contributed by atoms with Gasteiger partial charge in [-0.15, -0.1) is 0 Å². The van der Waals surface area contributed by atoms with E-state index in [0.717, 1.165) is 36.8 Å². The third-order valence-corrected chi connectivity index (χ3v) is 7.54. The Labute approximate surface area is 209 Å². The Kier molecular flexibility index (Phi) is 6.70. The lowest BCUT2D eigenvalue weighted by Gasteiger charge is -2.42. The van der Waals surface area contributed by atoms with Gasteiger partial charge in [0.25, 0.3) is 0 Å². The van der Waals surface area contributed by atoms with Crippen molar-refractivity contribution in [2.24, 2.45) is 5.92 Å². The Morgan fingerprint density at radius 2 is 1.09 bits per heavy atom. The zero-order chi connectivity index (χ0) is 24.3. The van der Waals surface area contributed by atoms with Crippen molar-refractivity contribution in [1.82, 2.24) is 0 Å². The normalized spacial score (nSPS) is 16.2. The lowest BCUT2D eigenvalue weighted by molar-refractivity contribution is 0.0215. The lowest BCUT2D eigenvalue weighted by Crippen LogP contribution is -2.39. The van der Waals surface area contributed by atoms with E-state index in [4.69, 9.17) is 0 Å². The molecule has 1 aliphatic carbocycles. The van der Waals surface area contributed by atoms with Crippen LogP contribution in [0, 0.1) is 19.8 Å². The highest BCUT2D eigenvalue weighted by atomic mass is 16.3. The maximum atomic E-state index is 12.8. The lowest BCUT2D eigenvalue weighted by atomic mass is 9.65. The van der Waals surface area contributed by atoms with Crippen LogP contribution in [0.3, 0.4) is 0 Å². The van der Waals surface area contributed by atoms with Gasteiger partial charge in [0.1, 0.15) is 5.60 Å². The van der Waals surface area contributed by atoms with E-state index in [0.29, 0.717) is 0 Å². The Morgan fingerprint density at radius 3 is 1.54 bits per heavy atom. The molecule has 1 aliphatic rings. The van der Waals surface area contributed by atoms with Crippen molar-refractivity contribution < 1.29 is 5.11 Å². The maximum absolute atomic E-state index is 12.8. The fourth-order valence-electron chi connectivity index (χ4n) is 5.70. The van der Waals surface area contributed by atoms with E-state index in [-0.39, 0.29) is 5.92 Å². The molecule has 4 aromatic carbocycles. The van der Waals surface area contributed by atoms with E-state index < -0.39 is 5.60 Å². The Balaban J connectivity index is 1.78. The summed E-state index contributed by atoms with van der Waals surface area (Å²) in [6.45, 7) is 4.20. The molecular formula is C34H34O. The van der Waals surface area contributed by atoms with Crippen molar-refractivity contribution in [1.29, 1.82) is 0 Å². The summed E-state index contributed by atoms with van der Waals surface area (Å²) in [4.78, 5) is 0. The molecule has 0 radical (unpaired) electrons. The van der Waals surface area contributed by atoms with Crippen molar-refractivity contribution in [2.75, 3.05) is 0 Å². The summed E-state index contributed by atoms with van der Waals surface area (Å²) < 4.78 is 0. The van der Waals surface area contributed by atoms with Crippen LogP contribution >= 0.6 is 0 Å². The van der Waals surface area contributed by atoms with Crippen LogP contribution in [-0.4, -0.2) is 5.11 Å². The second kappa shape index (κ2) is 10.1. The van der Waals surface area contributed by atoms with Gasteiger partial charge in [-0.2, -0.15) is 0 Å². The third-order valence-electron chi connectivity index (χ3n) is 7.54. The summed E-state index contributed by atoms with van der Waals surface area (Å²) in [5.74, 6) is -0.0166. The number of aliphatic hydroxyl groups is 1. The molecule has 1 nitrogen and oxygen atoms in total. The van der Waals surface area contributed by atoms with Crippen LogP contribution in [0.5, 0.6) is 0 Å². The van der Waals surface area contributed by atoms with Gasteiger partial charge in [0.2, 0.25) is 0 Å². The molecule has 1 atom stereocenters. The van der Waals surface area contributed by atoms with Gasteiger partial charge in [-0.3, -0.25) is 0 Å². The van der Waals surface area contributed by atoms with Gasteiger partial charge in [-0.1, -0.05) is 132 Å². The number of benzene rings is 4. The molecule has 1 N–H and O–H groups in total. The molecule has 1 heteroatoms. The highest BCUT2D eigenvalue weighted by molar-refractivity contribution is 5.82. The first kappa shape index (κ1) is 23.3. The summed E-state index contributed by atoms with van der Waals surface area (Å²) in [6.07, 6.45) is 4.21. The highest BCUT2D eigenvalue weighted by Crippen LogP contribution is 2.49. The molecule has 1 saturated carbocycles. The van der Waals surface area contributed by atoms with Crippen LogP contribution in [-0.2, 0) is 5.60 Å².